The molecule has 0 aliphatic heterocycles. The minimum atomic E-state index is -0.775. The Labute approximate surface area is 84.0 Å². The van der Waals surface area contributed by atoms with Gasteiger partial charge in [0, 0.05) is 12.3 Å². The van der Waals surface area contributed by atoms with Gasteiger partial charge in [0.05, 0.1) is 7.11 Å². The molecule has 14 heavy (non-hydrogen) atoms. The first-order valence-electron chi connectivity index (χ1n) is 4.79. The molecule has 0 saturated heterocycles. The molecule has 2 atom stereocenters. The molecule has 0 bridgehead atoms. The topological polar surface area (TPSA) is 55.4 Å². The van der Waals surface area contributed by atoms with Crippen molar-refractivity contribution in [2.24, 2.45) is 5.41 Å². The summed E-state index contributed by atoms with van der Waals surface area (Å²) in [5.41, 5.74) is -0.923. The Hall–Kier alpha value is -1.06. The van der Waals surface area contributed by atoms with Crippen LogP contribution in [0.25, 0.3) is 0 Å². The number of carbonyl (C=O) groups excluding carboxylic acids is 2. The van der Waals surface area contributed by atoms with Crippen molar-refractivity contribution in [2.45, 2.75) is 39.2 Å². The monoisotopic (exact) mass is 199 g/mol. The number of esters is 1. The van der Waals surface area contributed by atoms with E-state index < -0.39 is 5.54 Å². The van der Waals surface area contributed by atoms with Crippen molar-refractivity contribution in [1.82, 2.24) is 5.32 Å². The molecule has 4 nitrogen and oxygen atoms in total. The van der Waals surface area contributed by atoms with E-state index in [-0.39, 0.29) is 17.3 Å². The number of hydrogen-bond donors (Lipinski definition) is 1. The lowest BCUT2D eigenvalue weighted by Gasteiger charge is -2.20. The Balaban J connectivity index is 2.86. The zero-order valence-electron chi connectivity index (χ0n) is 9.14. The number of rotatable bonds is 3. The number of amides is 1. The maximum Gasteiger partial charge on any atom is 0.332 e. The molecular weight excluding hydrogens is 182 g/mol. The van der Waals surface area contributed by atoms with E-state index in [1.807, 2.05) is 13.8 Å². The van der Waals surface area contributed by atoms with Gasteiger partial charge in [0.25, 0.3) is 0 Å². The zero-order chi connectivity index (χ0) is 11.0. The normalized spacial score (nSPS) is 34.9. The summed E-state index contributed by atoms with van der Waals surface area (Å²) in [5.74, 6) is -0.523. The van der Waals surface area contributed by atoms with Crippen LogP contribution in [0.1, 0.15) is 33.6 Å². The molecule has 0 spiro atoms. The van der Waals surface area contributed by atoms with Gasteiger partial charge in [-0.2, -0.15) is 0 Å². The Morgan fingerprint density at radius 1 is 1.50 bits per heavy atom. The summed E-state index contributed by atoms with van der Waals surface area (Å²) in [6, 6.07) is 0. The van der Waals surface area contributed by atoms with E-state index in [1.54, 1.807) is 0 Å². The van der Waals surface area contributed by atoms with Crippen LogP contribution in [0, 0.1) is 5.41 Å². The maximum atomic E-state index is 11.6. The molecule has 0 radical (unpaired) electrons. The standard InChI is InChI=1S/C10H17NO3/c1-5-9(3)6-10(9,8(13)14-4)11-7(2)12/h5-6H2,1-4H3,(H,11,12)/t9-,10-/m1/s1. The van der Waals surface area contributed by atoms with Crippen molar-refractivity contribution in [3.63, 3.8) is 0 Å². The molecule has 1 amide bonds. The third-order valence-corrected chi connectivity index (χ3v) is 3.26. The first-order valence-corrected chi connectivity index (χ1v) is 4.79. The molecule has 1 aliphatic carbocycles. The number of methoxy groups -OCH3 is 1. The van der Waals surface area contributed by atoms with Crippen LogP contribution in [-0.2, 0) is 14.3 Å². The second kappa shape index (κ2) is 3.26. The van der Waals surface area contributed by atoms with Crippen LogP contribution in [0.5, 0.6) is 0 Å². The van der Waals surface area contributed by atoms with Crippen LogP contribution in [0.3, 0.4) is 0 Å². The van der Waals surface area contributed by atoms with Crippen LogP contribution in [-0.4, -0.2) is 24.5 Å². The van der Waals surface area contributed by atoms with Gasteiger partial charge in [-0.3, -0.25) is 4.79 Å². The molecule has 1 saturated carbocycles. The van der Waals surface area contributed by atoms with Crippen LogP contribution in [0.2, 0.25) is 0 Å². The SMILES string of the molecule is CC[C@]1(C)C[C@@]1(NC(C)=O)C(=O)OC. The van der Waals surface area contributed by atoms with E-state index in [2.05, 4.69) is 5.32 Å². The zero-order valence-corrected chi connectivity index (χ0v) is 9.14. The van der Waals surface area contributed by atoms with Gasteiger partial charge in [0.15, 0.2) is 0 Å². The third-order valence-electron chi connectivity index (χ3n) is 3.26. The highest BCUT2D eigenvalue weighted by atomic mass is 16.5. The molecule has 0 aromatic heterocycles. The van der Waals surface area contributed by atoms with Crippen molar-refractivity contribution in [2.75, 3.05) is 7.11 Å². The quantitative estimate of drug-likeness (QED) is 0.686. The first-order chi connectivity index (χ1) is 6.42. The van der Waals surface area contributed by atoms with Gasteiger partial charge >= 0.3 is 5.97 Å². The second-order valence-corrected chi connectivity index (χ2v) is 4.17. The van der Waals surface area contributed by atoms with E-state index in [9.17, 15) is 9.59 Å². The Bertz CT molecular complexity index is 277. The maximum absolute atomic E-state index is 11.6. The largest absolute Gasteiger partial charge is 0.467 e. The highest BCUT2D eigenvalue weighted by Crippen LogP contribution is 2.58. The number of hydrogen-bond acceptors (Lipinski definition) is 3. The minimum absolute atomic E-state index is 0.147. The van der Waals surface area contributed by atoms with Gasteiger partial charge in [-0.1, -0.05) is 13.8 Å². The van der Waals surface area contributed by atoms with Crippen molar-refractivity contribution < 1.29 is 14.3 Å². The summed E-state index contributed by atoms with van der Waals surface area (Å²) < 4.78 is 4.72. The molecule has 4 heteroatoms. The molecule has 1 aliphatic rings. The van der Waals surface area contributed by atoms with Crippen LogP contribution in [0.4, 0.5) is 0 Å². The van der Waals surface area contributed by atoms with Gasteiger partial charge in [-0.05, 0) is 12.8 Å². The average molecular weight is 199 g/mol. The van der Waals surface area contributed by atoms with Gasteiger partial charge < -0.3 is 10.1 Å². The molecular formula is C10H17NO3. The summed E-state index contributed by atoms with van der Waals surface area (Å²) in [7, 11) is 1.35. The molecule has 1 rings (SSSR count). The predicted octanol–water partition coefficient (Wildman–Crippen LogP) is 0.854. The van der Waals surface area contributed by atoms with Crippen molar-refractivity contribution in [3.8, 4) is 0 Å². The third kappa shape index (κ3) is 1.38. The van der Waals surface area contributed by atoms with E-state index in [4.69, 9.17) is 4.74 Å². The van der Waals surface area contributed by atoms with Crippen molar-refractivity contribution in [1.29, 1.82) is 0 Å². The van der Waals surface area contributed by atoms with Gasteiger partial charge in [0.2, 0.25) is 5.91 Å². The van der Waals surface area contributed by atoms with E-state index in [0.717, 1.165) is 6.42 Å². The molecule has 0 aromatic carbocycles. The minimum Gasteiger partial charge on any atom is -0.467 e. The molecule has 0 aromatic rings. The van der Waals surface area contributed by atoms with E-state index in [0.29, 0.717) is 6.42 Å². The lowest BCUT2D eigenvalue weighted by molar-refractivity contribution is -0.147. The Morgan fingerprint density at radius 2 is 2.07 bits per heavy atom. The van der Waals surface area contributed by atoms with Crippen LogP contribution in [0.15, 0.2) is 0 Å². The summed E-state index contributed by atoms with van der Waals surface area (Å²) in [5, 5.41) is 2.71. The number of carbonyl (C=O) groups is 2. The summed E-state index contributed by atoms with van der Waals surface area (Å²) in [6.07, 6.45) is 1.52. The van der Waals surface area contributed by atoms with E-state index >= 15 is 0 Å². The average Bonchev–Trinajstić information content (AvgIpc) is 2.71. The van der Waals surface area contributed by atoms with Crippen molar-refractivity contribution in [3.05, 3.63) is 0 Å². The second-order valence-electron chi connectivity index (χ2n) is 4.17. The Morgan fingerprint density at radius 3 is 2.36 bits per heavy atom. The number of ether oxygens (including phenoxy) is 1. The predicted molar refractivity (Wildman–Crippen MR) is 51.6 cm³/mol. The highest BCUT2D eigenvalue weighted by molar-refractivity contribution is 5.91. The smallest absolute Gasteiger partial charge is 0.332 e. The molecule has 0 heterocycles. The fraction of sp³-hybridized carbons (Fsp3) is 0.800. The summed E-state index contributed by atoms with van der Waals surface area (Å²) in [6.45, 7) is 5.41. The molecule has 0 unspecified atom stereocenters. The lowest BCUT2D eigenvalue weighted by Crippen LogP contribution is -2.46. The fourth-order valence-electron chi connectivity index (χ4n) is 2.01. The number of nitrogens with one attached hydrogen (secondary N) is 1. The Kier molecular flexibility index (Phi) is 2.56. The van der Waals surface area contributed by atoms with Crippen LogP contribution < -0.4 is 5.32 Å². The van der Waals surface area contributed by atoms with Gasteiger partial charge in [-0.25, -0.2) is 4.79 Å². The van der Waals surface area contributed by atoms with Gasteiger partial charge in [-0.15, -0.1) is 0 Å². The fourth-order valence-corrected chi connectivity index (χ4v) is 2.01. The molecule has 80 valence electrons. The van der Waals surface area contributed by atoms with Crippen molar-refractivity contribution >= 4 is 11.9 Å². The summed E-state index contributed by atoms with van der Waals surface area (Å²) >= 11 is 0. The van der Waals surface area contributed by atoms with Gasteiger partial charge in [0.1, 0.15) is 5.54 Å². The van der Waals surface area contributed by atoms with E-state index in [1.165, 1.54) is 14.0 Å². The lowest BCUT2D eigenvalue weighted by atomic mass is 9.99. The molecule has 1 fully saturated rings. The molecule has 1 N–H and O–H groups in total. The highest BCUT2D eigenvalue weighted by Gasteiger charge is 2.69. The summed E-state index contributed by atoms with van der Waals surface area (Å²) in [4.78, 5) is 22.6. The first kappa shape index (κ1) is 11.0. The van der Waals surface area contributed by atoms with Crippen LogP contribution >= 0.6 is 0 Å².